The van der Waals surface area contributed by atoms with Crippen LogP contribution in [0.4, 0.5) is 0 Å². The molecule has 0 amide bonds. The van der Waals surface area contributed by atoms with Crippen LogP contribution in [0.3, 0.4) is 0 Å². The van der Waals surface area contributed by atoms with E-state index >= 15 is 0 Å². The zero-order valence-electron chi connectivity index (χ0n) is 7.35. The number of aromatic nitrogens is 3. The number of nitrogens with zero attached hydrogens (tertiary/aromatic N) is 2. The van der Waals surface area contributed by atoms with Crippen molar-refractivity contribution in [2.45, 2.75) is 0 Å². The first-order chi connectivity index (χ1) is 6.83. The normalized spacial score (nSPS) is 10.1. The van der Waals surface area contributed by atoms with Gasteiger partial charge in [-0.3, -0.25) is 0 Å². The van der Waals surface area contributed by atoms with Gasteiger partial charge in [-0.2, -0.15) is 10.3 Å². The van der Waals surface area contributed by atoms with Gasteiger partial charge in [-0.15, -0.1) is 5.10 Å². The molecule has 0 fully saturated rings. The van der Waals surface area contributed by atoms with Crippen LogP contribution < -0.4 is 0 Å². The SMILES string of the molecule is COC(=O)c1n[nH]nc1-c1ccco1. The lowest BCUT2D eigenvalue weighted by Gasteiger charge is -1.94. The molecule has 0 bridgehead atoms. The largest absolute Gasteiger partial charge is 0.464 e. The molecule has 0 aliphatic carbocycles. The number of methoxy groups -OCH3 is 1. The molecule has 0 unspecified atom stereocenters. The van der Waals surface area contributed by atoms with Gasteiger partial charge in [0, 0.05) is 0 Å². The summed E-state index contributed by atoms with van der Waals surface area (Å²) in [4.78, 5) is 11.2. The highest BCUT2D eigenvalue weighted by Gasteiger charge is 2.19. The van der Waals surface area contributed by atoms with Gasteiger partial charge in [0.1, 0.15) is 0 Å². The number of rotatable bonds is 2. The summed E-state index contributed by atoms with van der Waals surface area (Å²) in [6.07, 6.45) is 1.49. The van der Waals surface area contributed by atoms with Crippen molar-refractivity contribution >= 4 is 5.97 Å². The molecular weight excluding hydrogens is 186 g/mol. The van der Waals surface area contributed by atoms with Crippen LogP contribution in [0.25, 0.3) is 11.5 Å². The maximum Gasteiger partial charge on any atom is 0.361 e. The molecule has 0 radical (unpaired) electrons. The molecule has 0 saturated carbocycles. The van der Waals surface area contributed by atoms with E-state index in [4.69, 9.17) is 4.42 Å². The van der Waals surface area contributed by atoms with Crippen molar-refractivity contribution in [3.8, 4) is 11.5 Å². The second-order valence-corrected chi connectivity index (χ2v) is 2.49. The first kappa shape index (κ1) is 8.49. The maximum atomic E-state index is 11.2. The maximum absolute atomic E-state index is 11.2. The Morgan fingerprint density at radius 2 is 2.43 bits per heavy atom. The van der Waals surface area contributed by atoms with Crippen LogP contribution in [-0.2, 0) is 4.74 Å². The number of carbonyl (C=O) groups excluding carboxylic acids is 1. The Balaban J connectivity index is 2.45. The highest BCUT2D eigenvalue weighted by Crippen LogP contribution is 2.19. The van der Waals surface area contributed by atoms with Crippen molar-refractivity contribution in [3.05, 3.63) is 24.1 Å². The molecule has 6 heteroatoms. The number of hydrogen-bond donors (Lipinski definition) is 1. The Hall–Kier alpha value is -2.11. The molecule has 0 spiro atoms. The van der Waals surface area contributed by atoms with E-state index in [2.05, 4.69) is 20.1 Å². The van der Waals surface area contributed by atoms with Crippen LogP contribution in [0.15, 0.2) is 22.8 Å². The molecule has 1 N–H and O–H groups in total. The fourth-order valence-electron chi connectivity index (χ4n) is 1.05. The van der Waals surface area contributed by atoms with E-state index in [1.807, 2.05) is 0 Å². The molecule has 0 atom stereocenters. The number of carbonyl (C=O) groups is 1. The third-order valence-electron chi connectivity index (χ3n) is 1.68. The summed E-state index contributed by atoms with van der Waals surface area (Å²) in [7, 11) is 1.28. The lowest BCUT2D eigenvalue weighted by molar-refractivity contribution is 0.0594. The molecular formula is C8H7N3O3. The van der Waals surface area contributed by atoms with E-state index in [1.54, 1.807) is 12.1 Å². The Morgan fingerprint density at radius 1 is 1.57 bits per heavy atom. The zero-order valence-corrected chi connectivity index (χ0v) is 7.35. The highest BCUT2D eigenvalue weighted by molar-refractivity contribution is 5.92. The quantitative estimate of drug-likeness (QED) is 0.715. The van der Waals surface area contributed by atoms with Gasteiger partial charge < -0.3 is 9.15 Å². The number of furan rings is 1. The second kappa shape index (κ2) is 3.33. The topological polar surface area (TPSA) is 81.0 Å². The van der Waals surface area contributed by atoms with Crippen LogP contribution in [0.2, 0.25) is 0 Å². The van der Waals surface area contributed by atoms with Crippen molar-refractivity contribution in [2.24, 2.45) is 0 Å². The van der Waals surface area contributed by atoms with E-state index in [9.17, 15) is 4.79 Å². The Kier molecular flexibility index (Phi) is 2.02. The minimum Gasteiger partial charge on any atom is -0.464 e. The minimum atomic E-state index is -0.551. The van der Waals surface area contributed by atoms with Gasteiger partial charge in [0.2, 0.25) is 5.69 Å². The van der Waals surface area contributed by atoms with Crippen LogP contribution in [0, 0.1) is 0 Å². The fourth-order valence-corrected chi connectivity index (χ4v) is 1.05. The molecule has 2 heterocycles. The third kappa shape index (κ3) is 1.26. The van der Waals surface area contributed by atoms with E-state index < -0.39 is 5.97 Å². The second-order valence-electron chi connectivity index (χ2n) is 2.49. The lowest BCUT2D eigenvalue weighted by atomic mass is 10.2. The summed E-state index contributed by atoms with van der Waals surface area (Å²) in [5.41, 5.74) is 0.462. The average molecular weight is 193 g/mol. The molecule has 2 aromatic rings. The number of H-pyrrole nitrogens is 1. The van der Waals surface area contributed by atoms with Crippen LogP contribution >= 0.6 is 0 Å². The summed E-state index contributed by atoms with van der Waals surface area (Å²) in [5.74, 6) is -0.0794. The van der Waals surface area contributed by atoms with Crippen molar-refractivity contribution in [1.82, 2.24) is 15.4 Å². The molecule has 0 saturated heterocycles. The molecule has 2 aromatic heterocycles. The summed E-state index contributed by atoms with van der Waals surface area (Å²) in [6, 6.07) is 3.38. The fraction of sp³-hybridized carbons (Fsp3) is 0.125. The third-order valence-corrected chi connectivity index (χ3v) is 1.68. The van der Waals surface area contributed by atoms with Crippen LogP contribution in [-0.4, -0.2) is 28.5 Å². The summed E-state index contributed by atoms with van der Waals surface area (Å²) in [6.45, 7) is 0. The average Bonchev–Trinajstić information content (AvgIpc) is 2.85. The molecule has 0 aromatic carbocycles. The van der Waals surface area contributed by atoms with E-state index in [-0.39, 0.29) is 5.69 Å². The number of hydrogen-bond acceptors (Lipinski definition) is 5. The number of ether oxygens (including phenoxy) is 1. The first-order valence-corrected chi connectivity index (χ1v) is 3.86. The summed E-state index contributed by atoms with van der Waals surface area (Å²) >= 11 is 0. The number of aromatic amines is 1. The van der Waals surface area contributed by atoms with Gasteiger partial charge in [-0.25, -0.2) is 4.79 Å². The standard InChI is InChI=1S/C8H7N3O3/c1-13-8(12)7-6(9-11-10-7)5-3-2-4-14-5/h2-4H,1H3,(H,9,10,11). The predicted molar refractivity (Wildman–Crippen MR) is 45.4 cm³/mol. The number of esters is 1. The first-order valence-electron chi connectivity index (χ1n) is 3.86. The van der Waals surface area contributed by atoms with Crippen LogP contribution in [0.1, 0.15) is 10.5 Å². The summed E-state index contributed by atoms with van der Waals surface area (Å²) in [5, 5.41) is 9.81. The summed E-state index contributed by atoms with van der Waals surface area (Å²) < 4.78 is 9.61. The van der Waals surface area contributed by atoms with Gasteiger partial charge in [0.15, 0.2) is 11.5 Å². The molecule has 0 aliphatic rings. The smallest absolute Gasteiger partial charge is 0.361 e. The van der Waals surface area contributed by atoms with E-state index in [0.29, 0.717) is 11.5 Å². The van der Waals surface area contributed by atoms with E-state index in [0.717, 1.165) is 0 Å². The minimum absolute atomic E-state index is 0.113. The van der Waals surface area contributed by atoms with Crippen molar-refractivity contribution in [2.75, 3.05) is 7.11 Å². The molecule has 2 rings (SSSR count). The molecule has 0 aliphatic heterocycles. The van der Waals surface area contributed by atoms with Crippen molar-refractivity contribution in [1.29, 1.82) is 0 Å². The van der Waals surface area contributed by atoms with Crippen molar-refractivity contribution in [3.63, 3.8) is 0 Å². The Labute approximate surface area is 78.9 Å². The van der Waals surface area contributed by atoms with Gasteiger partial charge in [-0.05, 0) is 12.1 Å². The lowest BCUT2D eigenvalue weighted by Crippen LogP contribution is -2.03. The molecule has 72 valence electrons. The van der Waals surface area contributed by atoms with Crippen LogP contribution in [0.5, 0.6) is 0 Å². The number of nitrogens with one attached hydrogen (secondary N) is 1. The highest BCUT2D eigenvalue weighted by atomic mass is 16.5. The Morgan fingerprint density at radius 3 is 3.07 bits per heavy atom. The van der Waals surface area contributed by atoms with E-state index in [1.165, 1.54) is 13.4 Å². The molecule has 6 nitrogen and oxygen atoms in total. The molecule has 14 heavy (non-hydrogen) atoms. The van der Waals surface area contributed by atoms with Crippen molar-refractivity contribution < 1.29 is 13.9 Å². The van der Waals surface area contributed by atoms with Gasteiger partial charge in [0.25, 0.3) is 0 Å². The Bertz CT molecular complexity index is 432. The predicted octanol–water partition coefficient (Wildman–Crippen LogP) is 0.851. The van der Waals surface area contributed by atoms with Gasteiger partial charge >= 0.3 is 5.97 Å². The van der Waals surface area contributed by atoms with Gasteiger partial charge in [0.05, 0.1) is 13.4 Å². The van der Waals surface area contributed by atoms with Gasteiger partial charge in [-0.1, -0.05) is 0 Å². The zero-order chi connectivity index (χ0) is 9.97. The monoisotopic (exact) mass is 193 g/mol.